The van der Waals surface area contributed by atoms with E-state index in [9.17, 15) is 22.8 Å². The van der Waals surface area contributed by atoms with E-state index in [-0.39, 0.29) is 17.5 Å². The fourth-order valence-corrected chi connectivity index (χ4v) is 5.47. The maximum atomic E-state index is 12.9. The number of fused-ring (bicyclic) bond motifs is 1. The average Bonchev–Trinajstić information content (AvgIpc) is 3.30. The van der Waals surface area contributed by atoms with Crippen molar-refractivity contribution in [3.05, 3.63) is 81.4 Å². The third-order valence-corrected chi connectivity index (χ3v) is 7.67. The average molecular weight is 541 g/mol. The molecule has 1 N–H and O–H groups in total. The number of rotatable bonds is 7. The lowest BCUT2D eigenvalue weighted by Crippen LogP contribution is -2.49. The lowest BCUT2D eigenvalue weighted by Gasteiger charge is -2.35. The van der Waals surface area contributed by atoms with Crippen LogP contribution < -0.4 is 15.4 Å². The molecule has 0 aliphatic carbocycles. The molecule has 206 valence electrons. The summed E-state index contributed by atoms with van der Waals surface area (Å²) in [6, 6.07) is 10.8. The van der Waals surface area contributed by atoms with Gasteiger partial charge in [0.25, 0.3) is 5.56 Å². The van der Waals surface area contributed by atoms with Crippen LogP contribution >= 0.6 is 0 Å². The number of hydrogen-bond donors (Lipinski definition) is 1. The van der Waals surface area contributed by atoms with Crippen molar-refractivity contribution in [2.75, 3.05) is 36.0 Å². The second kappa shape index (κ2) is 11.1. The number of nitrogens with zero attached hydrogens (tertiary/aromatic N) is 5. The summed E-state index contributed by atoms with van der Waals surface area (Å²) >= 11 is 0. The molecule has 1 aromatic carbocycles. The number of pyridine rings is 1. The molecule has 5 rings (SSSR count). The Morgan fingerprint density at radius 3 is 2.54 bits per heavy atom. The van der Waals surface area contributed by atoms with Crippen molar-refractivity contribution in [3.8, 4) is 0 Å². The molecule has 3 aromatic rings. The Kier molecular flexibility index (Phi) is 7.58. The first kappa shape index (κ1) is 26.7. The molecule has 0 unspecified atom stereocenters. The minimum absolute atomic E-state index is 0.0911. The molecular formula is C28H31F3N6O2. The van der Waals surface area contributed by atoms with Crippen LogP contribution in [0.2, 0.25) is 0 Å². The Morgan fingerprint density at radius 2 is 1.82 bits per heavy atom. The normalized spacial score (nSPS) is 17.4. The van der Waals surface area contributed by atoms with Gasteiger partial charge in [-0.15, -0.1) is 0 Å². The van der Waals surface area contributed by atoms with Crippen LogP contribution in [0.5, 0.6) is 0 Å². The number of halogens is 3. The lowest BCUT2D eigenvalue weighted by molar-refractivity contribution is -0.138. The summed E-state index contributed by atoms with van der Waals surface area (Å²) in [4.78, 5) is 35.0. The van der Waals surface area contributed by atoms with Gasteiger partial charge in [0, 0.05) is 50.9 Å². The summed E-state index contributed by atoms with van der Waals surface area (Å²) in [6.45, 7) is 4.61. The summed E-state index contributed by atoms with van der Waals surface area (Å²) in [5, 5.41) is 6.51. The number of amides is 1. The summed E-state index contributed by atoms with van der Waals surface area (Å²) in [5.74, 6) is 0.579. The number of nitrogens with one attached hydrogen (secondary N) is 1. The Labute approximate surface area is 224 Å². The van der Waals surface area contributed by atoms with Crippen molar-refractivity contribution >= 4 is 17.4 Å². The Hall–Kier alpha value is -3.89. The molecule has 0 radical (unpaired) electrons. The quantitative estimate of drug-likeness (QED) is 0.446. The van der Waals surface area contributed by atoms with Gasteiger partial charge in [0.05, 0.1) is 23.5 Å². The van der Waals surface area contributed by atoms with Gasteiger partial charge >= 0.3 is 6.18 Å². The van der Waals surface area contributed by atoms with Gasteiger partial charge in [-0.1, -0.05) is 30.7 Å². The SMILES string of the molecule is Cc1c(N2Cc3ccccc3[C@H]2CCCCC(=O)N2CCN(c3ccc(C(F)(F)F)cn3)CC2)cn[nH]c1=O. The van der Waals surface area contributed by atoms with Gasteiger partial charge in [0.1, 0.15) is 5.82 Å². The van der Waals surface area contributed by atoms with Crippen LogP contribution in [0.4, 0.5) is 24.7 Å². The van der Waals surface area contributed by atoms with E-state index in [0.29, 0.717) is 50.5 Å². The number of H-pyrrole nitrogens is 1. The van der Waals surface area contributed by atoms with Crippen LogP contribution in [0.3, 0.4) is 0 Å². The number of carbonyl (C=O) groups excluding carboxylic acids is 1. The van der Waals surface area contributed by atoms with E-state index in [1.807, 2.05) is 28.9 Å². The predicted octanol–water partition coefficient (Wildman–Crippen LogP) is 4.46. The predicted molar refractivity (Wildman–Crippen MR) is 141 cm³/mol. The first-order valence-corrected chi connectivity index (χ1v) is 13.2. The molecule has 0 spiro atoms. The van der Waals surface area contributed by atoms with Gasteiger partial charge in [-0.3, -0.25) is 9.59 Å². The minimum Gasteiger partial charge on any atom is -0.358 e. The van der Waals surface area contributed by atoms with Gasteiger partial charge in [-0.25, -0.2) is 10.1 Å². The molecule has 4 heterocycles. The molecule has 0 bridgehead atoms. The number of hydrogen-bond acceptors (Lipinski definition) is 6. The van der Waals surface area contributed by atoms with Crippen LogP contribution in [0.25, 0.3) is 0 Å². The maximum absolute atomic E-state index is 12.9. The minimum atomic E-state index is -4.41. The van der Waals surface area contributed by atoms with Crippen LogP contribution in [-0.4, -0.2) is 52.2 Å². The van der Waals surface area contributed by atoms with Gasteiger partial charge in [0.2, 0.25) is 5.91 Å². The largest absolute Gasteiger partial charge is 0.417 e. The van der Waals surface area contributed by atoms with E-state index in [0.717, 1.165) is 37.2 Å². The molecule has 2 aliphatic heterocycles. The second-order valence-corrected chi connectivity index (χ2v) is 10.1. The van der Waals surface area contributed by atoms with Gasteiger partial charge in [0.15, 0.2) is 0 Å². The molecule has 11 heteroatoms. The molecule has 2 aromatic heterocycles. The molecule has 8 nitrogen and oxygen atoms in total. The first-order chi connectivity index (χ1) is 18.7. The van der Waals surface area contributed by atoms with Crippen molar-refractivity contribution in [3.63, 3.8) is 0 Å². The van der Waals surface area contributed by atoms with Crippen LogP contribution in [0, 0.1) is 6.92 Å². The Bertz CT molecular complexity index is 1370. The molecule has 1 amide bonds. The van der Waals surface area contributed by atoms with E-state index in [4.69, 9.17) is 0 Å². The molecule has 1 fully saturated rings. The zero-order chi connectivity index (χ0) is 27.6. The fraction of sp³-hybridized carbons (Fsp3) is 0.429. The molecule has 0 saturated carbocycles. The van der Waals surface area contributed by atoms with Crippen LogP contribution in [0.1, 0.15) is 54.0 Å². The van der Waals surface area contributed by atoms with Crippen molar-refractivity contribution < 1.29 is 18.0 Å². The van der Waals surface area contributed by atoms with Gasteiger partial charge < -0.3 is 14.7 Å². The number of piperazine rings is 1. The fourth-order valence-electron chi connectivity index (χ4n) is 5.47. The zero-order valence-corrected chi connectivity index (χ0v) is 21.7. The second-order valence-electron chi connectivity index (χ2n) is 10.1. The Balaban J connectivity index is 1.13. The zero-order valence-electron chi connectivity index (χ0n) is 21.7. The molecule has 2 aliphatic rings. The first-order valence-electron chi connectivity index (χ1n) is 13.2. The third kappa shape index (κ3) is 5.76. The number of alkyl halides is 3. The highest BCUT2D eigenvalue weighted by molar-refractivity contribution is 5.76. The summed E-state index contributed by atoms with van der Waals surface area (Å²) in [7, 11) is 0. The molecule has 1 saturated heterocycles. The number of benzene rings is 1. The Morgan fingerprint density at radius 1 is 1.05 bits per heavy atom. The van der Waals surface area contributed by atoms with Crippen LogP contribution in [0.15, 0.2) is 53.6 Å². The summed E-state index contributed by atoms with van der Waals surface area (Å²) in [6.07, 6.45) is 1.05. The number of aromatic nitrogens is 3. The van der Waals surface area contributed by atoms with E-state index < -0.39 is 11.7 Å². The number of aromatic amines is 1. The number of anilines is 2. The molecule has 39 heavy (non-hydrogen) atoms. The highest BCUT2D eigenvalue weighted by Crippen LogP contribution is 2.40. The van der Waals surface area contributed by atoms with Crippen molar-refractivity contribution in [2.45, 2.75) is 51.4 Å². The smallest absolute Gasteiger partial charge is 0.358 e. The van der Waals surface area contributed by atoms with Gasteiger partial charge in [-0.05, 0) is 43.0 Å². The van der Waals surface area contributed by atoms with Crippen molar-refractivity contribution in [1.82, 2.24) is 20.1 Å². The van der Waals surface area contributed by atoms with Gasteiger partial charge in [-0.2, -0.15) is 18.3 Å². The number of unbranched alkanes of at least 4 members (excludes halogenated alkanes) is 1. The van der Waals surface area contributed by atoms with Crippen LogP contribution in [-0.2, 0) is 17.5 Å². The lowest BCUT2D eigenvalue weighted by atomic mass is 9.99. The van der Waals surface area contributed by atoms with Crippen molar-refractivity contribution in [2.24, 2.45) is 0 Å². The molecular weight excluding hydrogens is 509 g/mol. The highest BCUT2D eigenvalue weighted by atomic mass is 19.4. The standard InChI is InChI=1S/C28H31F3N6O2/c1-19-24(17-33-34-27(19)39)37-18-20-6-2-3-7-22(20)23(37)8-4-5-9-26(38)36-14-12-35(13-15-36)25-11-10-21(16-32-25)28(29,30)31/h2-3,6-7,10-11,16-17,23H,4-5,8-9,12-15,18H2,1H3,(H,34,39)/t23-/m1/s1. The summed E-state index contributed by atoms with van der Waals surface area (Å²) < 4.78 is 38.4. The van der Waals surface area contributed by atoms with E-state index in [1.165, 1.54) is 17.2 Å². The van der Waals surface area contributed by atoms with E-state index in [2.05, 4.69) is 32.2 Å². The van der Waals surface area contributed by atoms with E-state index in [1.54, 1.807) is 6.20 Å². The van der Waals surface area contributed by atoms with Crippen molar-refractivity contribution in [1.29, 1.82) is 0 Å². The summed E-state index contributed by atoms with van der Waals surface area (Å²) in [5.41, 5.74) is 2.99. The highest BCUT2D eigenvalue weighted by Gasteiger charge is 2.32. The topological polar surface area (TPSA) is 85.4 Å². The maximum Gasteiger partial charge on any atom is 0.417 e. The molecule has 1 atom stereocenters. The monoisotopic (exact) mass is 540 g/mol. The third-order valence-electron chi connectivity index (χ3n) is 7.67. The van der Waals surface area contributed by atoms with E-state index >= 15 is 0 Å². The number of carbonyl (C=O) groups is 1.